The molecular weight excluding hydrogens is 483 g/mol. The number of nitrogens with zero attached hydrogens (tertiary/aromatic N) is 1. The first-order valence-corrected chi connectivity index (χ1v) is 12.2. The molecule has 2 unspecified atom stereocenters. The number of ketones is 1. The number of Topliss-reactive ketones (excluding diaryl/α,β-unsaturated/α-hetero) is 1. The van der Waals surface area contributed by atoms with Crippen LogP contribution < -0.4 is 10.6 Å². The number of fused-ring (bicyclic) bond motifs is 1. The third-order valence-corrected chi connectivity index (χ3v) is 7.62. The van der Waals surface area contributed by atoms with Gasteiger partial charge in [-0.1, -0.05) is 34.6 Å². The number of halogens is 3. The van der Waals surface area contributed by atoms with Crippen molar-refractivity contribution in [3.63, 3.8) is 0 Å². The summed E-state index contributed by atoms with van der Waals surface area (Å²) in [6.07, 6.45) is -5.97. The molecule has 3 rings (SSSR count). The lowest BCUT2D eigenvalue weighted by Gasteiger charge is -2.34. The molecule has 36 heavy (non-hydrogen) atoms. The number of rotatable bonds is 9. The zero-order valence-corrected chi connectivity index (χ0v) is 21.3. The van der Waals surface area contributed by atoms with Crippen molar-refractivity contribution in [2.45, 2.75) is 78.4 Å². The van der Waals surface area contributed by atoms with Crippen LogP contribution in [-0.2, 0) is 23.9 Å². The van der Waals surface area contributed by atoms with E-state index in [1.54, 1.807) is 0 Å². The molecule has 0 aromatic carbocycles. The van der Waals surface area contributed by atoms with Crippen LogP contribution in [-0.4, -0.2) is 77.8 Å². The van der Waals surface area contributed by atoms with Gasteiger partial charge in [-0.15, -0.1) is 13.2 Å². The Labute approximate surface area is 208 Å². The van der Waals surface area contributed by atoms with Crippen molar-refractivity contribution in [1.82, 2.24) is 15.5 Å². The van der Waals surface area contributed by atoms with Crippen molar-refractivity contribution in [2.24, 2.45) is 28.6 Å². The average Bonchev–Trinajstić information content (AvgIpc) is 3.09. The fourth-order valence-electron chi connectivity index (χ4n) is 5.61. The molecule has 3 N–H and O–H groups in total. The number of nitrogens with one attached hydrogen (secondary N) is 2. The van der Waals surface area contributed by atoms with Gasteiger partial charge in [0.15, 0.2) is 5.78 Å². The van der Waals surface area contributed by atoms with Crippen LogP contribution in [0, 0.1) is 28.6 Å². The van der Waals surface area contributed by atoms with Crippen molar-refractivity contribution in [1.29, 1.82) is 0 Å². The largest absolute Gasteiger partial charge is 0.522 e. The van der Waals surface area contributed by atoms with Crippen LogP contribution in [0.1, 0.15) is 53.9 Å². The topological polar surface area (TPSA) is 125 Å². The van der Waals surface area contributed by atoms with Gasteiger partial charge in [-0.3, -0.25) is 23.9 Å². The van der Waals surface area contributed by atoms with E-state index in [1.807, 2.05) is 34.6 Å². The van der Waals surface area contributed by atoms with E-state index >= 15 is 0 Å². The second-order valence-electron chi connectivity index (χ2n) is 11.9. The maximum absolute atomic E-state index is 13.5. The maximum atomic E-state index is 13.5. The normalized spacial score (nSPS) is 28.8. The highest BCUT2D eigenvalue weighted by molar-refractivity contribution is 5.95. The van der Waals surface area contributed by atoms with Crippen molar-refractivity contribution in [3.05, 3.63) is 0 Å². The number of piperidine rings is 1. The molecule has 0 spiro atoms. The van der Waals surface area contributed by atoms with Crippen LogP contribution in [0.3, 0.4) is 0 Å². The van der Waals surface area contributed by atoms with Crippen LogP contribution in [0.25, 0.3) is 0 Å². The van der Waals surface area contributed by atoms with Crippen molar-refractivity contribution in [3.8, 4) is 0 Å². The lowest BCUT2D eigenvalue weighted by atomic mass is 9.88. The molecule has 3 aliphatic rings. The van der Waals surface area contributed by atoms with E-state index in [0.29, 0.717) is 13.0 Å². The van der Waals surface area contributed by atoms with E-state index in [-0.39, 0.29) is 48.0 Å². The molecule has 2 heterocycles. The Hall–Kier alpha value is -2.21. The van der Waals surface area contributed by atoms with E-state index in [2.05, 4.69) is 15.4 Å². The van der Waals surface area contributed by atoms with Gasteiger partial charge in [0, 0.05) is 19.0 Å². The Morgan fingerprint density at radius 3 is 2.42 bits per heavy atom. The monoisotopic (exact) mass is 519 g/mol. The minimum atomic E-state index is -5.03. The molecule has 1 saturated carbocycles. The summed E-state index contributed by atoms with van der Waals surface area (Å²) in [7, 11) is 0. The van der Waals surface area contributed by atoms with Crippen LogP contribution in [0.5, 0.6) is 0 Å². The molecule has 6 atom stereocenters. The Kier molecular flexibility index (Phi) is 7.82. The summed E-state index contributed by atoms with van der Waals surface area (Å²) in [6, 6.07) is -2.38. The number of aliphatic hydroxyl groups is 1. The number of alkyl halides is 3. The molecule has 2 saturated heterocycles. The highest BCUT2D eigenvalue weighted by Crippen LogP contribution is 2.65. The predicted octanol–water partition coefficient (Wildman–Crippen LogP) is 1.38. The molecule has 0 bridgehead atoms. The summed E-state index contributed by atoms with van der Waals surface area (Å²) in [5.74, 6) is -3.49. The second kappa shape index (κ2) is 9.92. The van der Waals surface area contributed by atoms with Gasteiger partial charge in [0.25, 0.3) is 5.91 Å². The average molecular weight is 520 g/mol. The Morgan fingerprint density at radius 2 is 1.89 bits per heavy atom. The lowest BCUT2D eigenvalue weighted by molar-refractivity contribution is -0.321. The molecule has 9 nitrogen and oxygen atoms in total. The lowest BCUT2D eigenvalue weighted by Crippen LogP contribution is -2.56. The molecule has 0 radical (unpaired) electrons. The van der Waals surface area contributed by atoms with E-state index in [9.17, 15) is 37.5 Å². The fourth-order valence-corrected chi connectivity index (χ4v) is 5.61. The first-order valence-electron chi connectivity index (χ1n) is 12.2. The zero-order valence-electron chi connectivity index (χ0n) is 21.3. The third-order valence-electron chi connectivity index (χ3n) is 7.62. The zero-order chi connectivity index (χ0) is 27.2. The summed E-state index contributed by atoms with van der Waals surface area (Å²) < 4.78 is 41.3. The Balaban J connectivity index is 1.78. The fraction of sp³-hybridized carbons (Fsp3) is 0.833. The first kappa shape index (κ1) is 28.4. The number of amides is 3. The Bertz CT molecular complexity index is 901. The number of hydrogen-bond donors (Lipinski definition) is 3. The predicted molar refractivity (Wildman–Crippen MR) is 121 cm³/mol. The van der Waals surface area contributed by atoms with Gasteiger partial charge in [0.2, 0.25) is 11.8 Å². The standard InChI is InChI=1S/C24H36F3N3O6/c1-22(2,3)9-15(31)21(35)30-10-13-17(23(13,4)5)18(30)20(34)29-14(8-12-6-7-28-19(12)33)16(32)11-36-24(25,26)27/h12-15,17-18,31H,6-11H2,1-5H3,(H,28,33)(H,29,34)/t12-,13-,14?,15?,17-,18-/m0/s1. The summed E-state index contributed by atoms with van der Waals surface area (Å²) >= 11 is 0. The van der Waals surface area contributed by atoms with E-state index < -0.39 is 54.7 Å². The molecule has 204 valence electrons. The molecule has 2 aliphatic heterocycles. The van der Waals surface area contributed by atoms with Crippen molar-refractivity contribution >= 4 is 23.5 Å². The summed E-state index contributed by atoms with van der Waals surface area (Å²) in [5.41, 5.74) is -0.593. The number of carbonyl (C=O) groups is 4. The van der Waals surface area contributed by atoms with Crippen molar-refractivity contribution in [2.75, 3.05) is 19.7 Å². The van der Waals surface area contributed by atoms with Crippen LogP contribution in [0.4, 0.5) is 13.2 Å². The Morgan fingerprint density at radius 1 is 1.25 bits per heavy atom. The highest BCUT2D eigenvalue weighted by Gasteiger charge is 2.69. The molecule has 12 heteroatoms. The number of aliphatic hydroxyl groups excluding tert-OH is 1. The van der Waals surface area contributed by atoms with E-state index in [1.165, 1.54) is 4.90 Å². The molecule has 0 aromatic heterocycles. The van der Waals surface area contributed by atoms with Crippen molar-refractivity contribution < 1.29 is 42.2 Å². The van der Waals surface area contributed by atoms with Gasteiger partial charge in [-0.05, 0) is 41.9 Å². The number of ether oxygens (including phenoxy) is 1. The molecule has 0 aromatic rings. The first-order chi connectivity index (χ1) is 16.4. The quantitative estimate of drug-likeness (QED) is 0.423. The second-order valence-corrected chi connectivity index (χ2v) is 11.9. The van der Waals surface area contributed by atoms with Gasteiger partial charge < -0.3 is 20.6 Å². The van der Waals surface area contributed by atoms with Crippen LogP contribution in [0.2, 0.25) is 0 Å². The minimum absolute atomic E-state index is 0.0161. The molecular formula is C24H36F3N3O6. The van der Waals surface area contributed by atoms with Gasteiger partial charge in [-0.2, -0.15) is 0 Å². The van der Waals surface area contributed by atoms with Gasteiger partial charge in [0.1, 0.15) is 18.8 Å². The third kappa shape index (κ3) is 6.37. The van der Waals surface area contributed by atoms with Gasteiger partial charge in [0.05, 0.1) is 6.04 Å². The molecule has 1 aliphatic carbocycles. The summed E-state index contributed by atoms with van der Waals surface area (Å²) in [6.45, 7) is 8.85. The summed E-state index contributed by atoms with van der Waals surface area (Å²) in [4.78, 5) is 52.6. The SMILES string of the molecule is CC(C)(C)CC(O)C(=O)N1C[C@H]2[C@@H]([C@H]1C(=O)NC(C[C@@H]1CCNC1=O)C(=O)COC(F)(F)F)C2(C)C. The summed E-state index contributed by atoms with van der Waals surface area (Å²) in [5, 5.41) is 15.7. The number of carbonyl (C=O) groups excluding carboxylic acids is 4. The highest BCUT2D eigenvalue weighted by atomic mass is 19.4. The van der Waals surface area contributed by atoms with E-state index in [0.717, 1.165) is 0 Å². The van der Waals surface area contributed by atoms with E-state index in [4.69, 9.17) is 0 Å². The van der Waals surface area contributed by atoms with Crippen LogP contribution >= 0.6 is 0 Å². The number of hydrogen-bond acceptors (Lipinski definition) is 6. The molecule has 3 fully saturated rings. The van der Waals surface area contributed by atoms with Gasteiger partial charge >= 0.3 is 6.36 Å². The maximum Gasteiger partial charge on any atom is 0.522 e. The molecule has 3 amide bonds. The van der Waals surface area contributed by atoms with Gasteiger partial charge in [-0.25, -0.2) is 0 Å². The minimum Gasteiger partial charge on any atom is -0.383 e. The van der Waals surface area contributed by atoms with Crippen LogP contribution in [0.15, 0.2) is 0 Å². The smallest absolute Gasteiger partial charge is 0.383 e. The number of likely N-dealkylation sites (tertiary alicyclic amines) is 1.